The third-order valence-electron chi connectivity index (χ3n) is 1.76. The molecule has 1 atom stereocenters. The first-order valence-corrected chi connectivity index (χ1v) is 5.77. The number of sulfone groups is 1. The van der Waals surface area contributed by atoms with Crippen molar-refractivity contribution in [2.45, 2.75) is 11.0 Å². The van der Waals surface area contributed by atoms with Crippen molar-refractivity contribution in [1.82, 2.24) is 0 Å². The molecular formula is C9H10O5S. The molecule has 0 amide bonds. The SMILES string of the molecule is O=C(O)[C@@H](O)CS(=O)(=O)c1ccccc1. The lowest BCUT2D eigenvalue weighted by Gasteiger charge is -2.06. The summed E-state index contributed by atoms with van der Waals surface area (Å²) in [7, 11) is -3.74. The van der Waals surface area contributed by atoms with Crippen LogP contribution in [0.1, 0.15) is 0 Å². The van der Waals surface area contributed by atoms with E-state index in [1.165, 1.54) is 24.3 Å². The van der Waals surface area contributed by atoms with Gasteiger partial charge in [-0.1, -0.05) is 18.2 Å². The number of rotatable bonds is 4. The van der Waals surface area contributed by atoms with Gasteiger partial charge in [0, 0.05) is 0 Å². The van der Waals surface area contributed by atoms with Gasteiger partial charge in [0.25, 0.3) is 0 Å². The lowest BCUT2D eigenvalue weighted by Crippen LogP contribution is -2.28. The van der Waals surface area contributed by atoms with Gasteiger partial charge in [0.1, 0.15) is 0 Å². The summed E-state index contributed by atoms with van der Waals surface area (Å²) in [6.07, 6.45) is -1.89. The molecule has 0 aliphatic carbocycles. The van der Waals surface area contributed by atoms with Gasteiger partial charge in [-0.3, -0.25) is 0 Å². The van der Waals surface area contributed by atoms with Crippen molar-refractivity contribution in [1.29, 1.82) is 0 Å². The minimum Gasteiger partial charge on any atom is -0.479 e. The summed E-state index contributed by atoms with van der Waals surface area (Å²) in [6, 6.07) is 7.40. The Morgan fingerprint density at radius 3 is 2.27 bits per heavy atom. The molecule has 0 heterocycles. The zero-order valence-electron chi connectivity index (χ0n) is 7.70. The van der Waals surface area contributed by atoms with Gasteiger partial charge in [0.05, 0.1) is 10.6 Å². The average molecular weight is 230 g/mol. The number of carboxylic acid groups (broad SMARTS) is 1. The quantitative estimate of drug-likeness (QED) is 0.754. The largest absolute Gasteiger partial charge is 0.479 e. The van der Waals surface area contributed by atoms with E-state index in [-0.39, 0.29) is 4.90 Å². The average Bonchev–Trinajstić information content (AvgIpc) is 2.18. The Bertz CT molecular complexity index is 437. The van der Waals surface area contributed by atoms with Gasteiger partial charge in [-0.15, -0.1) is 0 Å². The van der Waals surface area contributed by atoms with Gasteiger partial charge in [-0.2, -0.15) is 0 Å². The van der Waals surface area contributed by atoms with E-state index in [4.69, 9.17) is 10.2 Å². The van der Waals surface area contributed by atoms with E-state index in [2.05, 4.69) is 0 Å². The highest BCUT2D eigenvalue weighted by Gasteiger charge is 2.23. The van der Waals surface area contributed by atoms with Gasteiger partial charge in [0.2, 0.25) is 0 Å². The van der Waals surface area contributed by atoms with Gasteiger partial charge in [-0.25, -0.2) is 13.2 Å². The Morgan fingerprint density at radius 1 is 1.27 bits per heavy atom. The molecule has 5 nitrogen and oxygen atoms in total. The van der Waals surface area contributed by atoms with Crippen molar-refractivity contribution in [2.75, 3.05) is 5.75 Å². The molecule has 0 saturated carbocycles. The van der Waals surface area contributed by atoms with Crippen LogP contribution in [0.2, 0.25) is 0 Å². The van der Waals surface area contributed by atoms with E-state index in [1.807, 2.05) is 0 Å². The highest BCUT2D eigenvalue weighted by atomic mass is 32.2. The van der Waals surface area contributed by atoms with Gasteiger partial charge >= 0.3 is 5.97 Å². The molecule has 0 bridgehead atoms. The summed E-state index contributed by atoms with van der Waals surface area (Å²) < 4.78 is 23.0. The van der Waals surface area contributed by atoms with E-state index in [0.29, 0.717) is 0 Å². The van der Waals surface area contributed by atoms with Crippen LogP contribution in [0, 0.1) is 0 Å². The van der Waals surface area contributed by atoms with Crippen molar-refractivity contribution < 1.29 is 23.4 Å². The molecule has 6 heteroatoms. The van der Waals surface area contributed by atoms with Crippen molar-refractivity contribution in [2.24, 2.45) is 0 Å². The van der Waals surface area contributed by atoms with Gasteiger partial charge < -0.3 is 10.2 Å². The first-order chi connectivity index (χ1) is 6.93. The topological polar surface area (TPSA) is 91.7 Å². The van der Waals surface area contributed by atoms with Crippen LogP contribution in [0.15, 0.2) is 35.2 Å². The Balaban J connectivity index is 2.91. The first kappa shape index (κ1) is 11.7. The smallest absolute Gasteiger partial charge is 0.333 e. The second-order valence-electron chi connectivity index (χ2n) is 2.95. The number of aliphatic hydroxyl groups is 1. The van der Waals surface area contributed by atoms with Crippen LogP contribution in [-0.2, 0) is 14.6 Å². The highest BCUT2D eigenvalue weighted by Crippen LogP contribution is 2.11. The number of carbonyl (C=O) groups is 1. The van der Waals surface area contributed by atoms with Crippen molar-refractivity contribution in [3.8, 4) is 0 Å². The number of benzene rings is 1. The maximum Gasteiger partial charge on any atom is 0.333 e. The Labute approximate surface area is 86.9 Å². The Morgan fingerprint density at radius 2 is 1.80 bits per heavy atom. The molecule has 0 aliphatic rings. The minimum atomic E-state index is -3.74. The highest BCUT2D eigenvalue weighted by molar-refractivity contribution is 7.91. The summed E-state index contributed by atoms with van der Waals surface area (Å²) in [5, 5.41) is 17.3. The molecule has 0 spiro atoms. The van der Waals surface area contributed by atoms with Crippen molar-refractivity contribution >= 4 is 15.8 Å². The van der Waals surface area contributed by atoms with Gasteiger partial charge in [0.15, 0.2) is 15.9 Å². The fourth-order valence-corrected chi connectivity index (χ4v) is 2.33. The number of aliphatic carboxylic acids is 1. The maximum atomic E-state index is 11.5. The third-order valence-corrected chi connectivity index (χ3v) is 3.51. The van der Waals surface area contributed by atoms with E-state index in [9.17, 15) is 13.2 Å². The van der Waals surface area contributed by atoms with Crippen LogP contribution < -0.4 is 0 Å². The first-order valence-electron chi connectivity index (χ1n) is 4.12. The normalized spacial score (nSPS) is 13.4. The molecule has 1 rings (SSSR count). The summed E-state index contributed by atoms with van der Waals surface area (Å²) in [4.78, 5) is 10.3. The van der Waals surface area contributed by atoms with Crippen LogP contribution in [0.3, 0.4) is 0 Å². The predicted molar refractivity (Wildman–Crippen MR) is 52.1 cm³/mol. The number of hydrogen-bond donors (Lipinski definition) is 2. The summed E-state index contributed by atoms with van der Waals surface area (Å²) in [5.41, 5.74) is 0. The van der Waals surface area contributed by atoms with Crippen molar-refractivity contribution in [3.63, 3.8) is 0 Å². The lowest BCUT2D eigenvalue weighted by atomic mass is 10.4. The number of aliphatic hydroxyl groups excluding tert-OH is 1. The fraction of sp³-hybridized carbons (Fsp3) is 0.222. The zero-order valence-corrected chi connectivity index (χ0v) is 8.52. The summed E-state index contributed by atoms with van der Waals surface area (Å²) >= 11 is 0. The molecule has 82 valence electrons. The molecule has 0 unspecified atom stereocenters. The van der Waals surface area contributed by atoms with E-state index < -0.39 is 27.7 Å². The summed E-state index contributed by atoms with van der Waals surface area (Å²) in [6.45, 7) is 0. The number of hydrogen-bond acceptors (Lipinski definition) is 4. The van der Waals surface area contributed by atoms with Crippen molar-refractivity contribution in [3.05, 3.63) is 30.3 Å². The fourth-order valence-electron chi connectivity index (χ4n) is 1.00. The molecule has 0 saturated heterocycles. The third kappa shape index (κ3) is 3.03. The lowest BCUT2D eigenvalue weighted by molar-refractivity contribution is -0.145. The monoisotopic (exact) mass is 230 g/mol. The molecule has 0 aliphatic heterocycles. The van der Waals surface area contributed by atoms with Crippen LogP contribution in [0.4, 0.5) is 0 Å². The molecule has 0 fully saturated rings. The Hall–Kier alpha value is -1.40. The second kappa shape index (κ2) is 4.41. The second-order valence-corrected chi connectivity index (χ2v) is 4.98. The maximum absolute atomic E-state index is 11.5. The molecule has 1 aromatic carbocycles. The molecule has 0 radical (unpaired) electrons. The predicted octanol–water partition coefficient (Wildman–Crippen LogP) is -0.0942. The molecule has 1 aromatic rings. The van der Waals surface area contributed by atoms with Crippen LogP contribution in [-0.4, -0.2) is 36.5 Å². The van der Waals surface area contributed by atoms with Crippen LogP contribution in [0.25, 0.3) is 0 Å². The van der Waals surface area contributed by atoms with E-state index in [1.54, 1.807) is 6.07 Å². The minimum absolute atomic E-state index is 0.00491. The van der Waals surface area contributed by atoms with Gasteiger partial charge in [-0.05, 0) is 12.1 Å². The van der Waals surface area contributed by atoms with Crippen LogP contribution >= 0.6 is 0 Å². The molecule has 2 N–H and O–H groups in total. The molecule has 0 aromatic heterocycles. The van der Waals surface area contributed by atoms with E-state index >= 15 is 0 Å². The summed E-state index contributed by atoms with van der Waals surface area (Å²) in [5.74, 6) is -2.36. The molecular weight excluding hydrogens is 220 g/mol. The zero-order chi connectivity index (χ0) is 11.5. The molecule has 15 heavy (non-hydrogen) atoms. The van der Waals surface area contributed by atoms with Crippen LogP contribution in [0.5, 0.6) is 0 Å². The standard InChI is InChI=1S/C9H10O5S/c10-8(9(11)12)6-15(13,14)7-4-2-1-3-5-7/h1-5,8,10H,6H2,(H,11,12)/t8-/m0/s1. The van der Waals surface area contributed by atoms with E-state index in [0.717, 1.165) is 0 Å². The Kier molecular flexibility index (Phi) is 3.43. The number of carboxylic acids is 1.